The molecule has 1 aliphatic rings. The zero-order valence-electron chi connectivity index (χ0n) is 61.6. The second-order valence-corrected chi connectivity index (χ2v) is 29.7. The van der Waals surface area contributed by atoms with Gasteiger partial charge in [0.2, 0.25) is 0 Å². The lowest BCUT2D eigenvalue weighted by Gasteiger charge is -2.32. The second-order valence-electron chi connectivity index (χ2n) is 29.3. The van der Waals surface area contributed by atoms with Crippen LogP contribution in [0.2, 0.25) is 5.02 Å². The van der Waals surface area contributed by atoms with Crippen LogP contribution in [0.1, 0.15) is 27.7 Å². The molecule has 1 aliphatic heterocycles. The maximum Gasteiger partial charge on any atom is 0.496 e. The van der Waals surface area contributed by atoms with Crippen LogP contribution in [0.5, 0.6) is 0 Å². The SMILES string of the molecule is CC1(C)OB(c2ccc(-c3cccc4cccnc34)nc2)OC1(C)C.Clc1cc(-c2ccc3ccccc3c2)nc2c1cc(-c1ccc3ccccc3c1)c1ccccc12.N.c1ccc2cc(-c3cc(-c4ccc(-c5cccc6cccnc56)nc4)c4cc(-c5ccc6ccccc6c5)c5ccccc5c4n3)ccc2c1. The monoisotopic (exact) mass is 1450 g/mol. The average Bonchev–Trinajstić information content (AvgIpc) is 1.22. The molecule has 1 saturated heterocycles. The van der Waals surface area contributed by atoms with Gasteiger partial charge in [0, 0.05) is 90.4 Å². The van der Waals surface area contributed by atoms with E-state index in [9.17, 15) is 0 Å². The summed E-state index contributed by atoms with van der Waals surface area (Å²) >= 11 is 6.95. The summed E-state index contributed by atoms with van der Waals surface area (Å²) in [4.78, 5) is 29.4. The standard InChI is InChI=1S/C47H29N3.C33H20ClN.C20H21BN2O2.H3N/c1-3-11-33-25-35(20-18-30(33)9-1)41-27-43-42(37-22-23-44(49-29-37)40-17-7-13-32-14-8-24-48-46(32)40)28-45(50-47(43)39-16-6-5-15-38(39)41)36-21-19-31-10-2-4-12-34(31)26-36;34-31-20-32(26-16-14-22-8-2-4-10-24(22)18-26)35-33-28-12-6-5-11-27(28)29(19-30(31)33)25-15-13-21-7-1-3-9-23(21)17-25;1-19(2)20(3,4)25-21(24-19)15-10-11-17(23-13-15)16-9-5-7-14-8-6-12-22-18(14)16;/h1-29H;1-20H;5-13H,1-4H3;1H3. The molecule has 1 fully saturated rings. The zero-order chi connectivity index (χ0) is 74.0. The predicted molar refractivity (Wildman–Crippen MR) is 465 cm³/mol. The van der Waals surface area contributed by atoms with Crippen molar-refractivity contribution in [3.63, 3.8) is 0 Å². The van der Waals surface area contributed by atoms with Crippen LogP contribution >= 0.6 is 11.6 Å². The lowest BCUT2D eigenvalue weighted by molar-refractivity contribution is 0.00578. The van der Waals surface area contributed by atoms with Crippen LogP contribution in [0.25, 0.3) is 187 Å². The minimum absolute atomic E-state index is 0. The third kappa shape index (κ3) is 13.1. The fourth-order valence-electron chi connectivity index (χ4n) is 15.5. The van der Waals surface area contributed by atoms with Gasteiger partial charge in [-0.25, -0.2) is 9.97 Å². The first-order valence-electron chi connectivity index (χ1n) is 37.2. The molecular formula is C100H73BClN7O2. The van der Waals surface area contributed by atoms with E-state index in [0.29, 0.717) is 5.02 Å². The van der Waals surface area contributed by atoms with E-state index in [2.05, 4.69) is 328 Å². The van der Waals surface area contributed by atoms with Crippen LogP contribution in [0.15, 0.2) is 352 Å². The number of rotatable bonds is 8. The molecule has 3 N–H and O–H groups in total. The van der Waals surface area contributed by atoms with Crippen molar-refractivity contribution in [2.24, 2.45) is 0 Å². The molecule has 11 heteroatoms. The van der Waals surface area contributed by atoms with Crippen molar-refractivity contribution < 1.29 is 9.31 Å². The van der Waals surface area contributed by atoms with E-state index >= 15 is 0 Å². The molecule has 0 atom stereocenters. The highest BCUT2D eigenvalue weighted by Gasteiger charge is 2.52. The number of aromatic nitrogens is 6. The van der Waals surface area contributed by atoms with Crippen LogP contribution in [0, 0.1) is 0 Å². The largest absolute Gasteiger partial charge is 0.496 e. The van der Waals surface area contributed by atoms with Crippen molar-refractivity contribution in [2.75, 3.05) is 0 Å². The van der Waals surface area contributed by atoms with Gasteiger partial charge in [-0.2, -0.15) is 0 Å². The molecule has 111 heavy (non-hydrogen) atoms. The van der Waals surface area contributed by atoms with Crippen molar-refractivity contribution >= 4 is 132 Å². The summed E-state index contributed by atoms with van der Waals surface area (Å²) < 4.78 is 12.2. The highest BCUT2D eigenvalue weighted by molar-refractivity contribution is 6.62. The Labute approximate surface area is 648 Å². The number of halogens is 1. The average molecular weight is 1450 g/mol. The third-order valence-electron chi connectivity index (χ3n) is 22.0. The van der Waals surface area contributed by atoms with Crippen LogP contribution in [0.4, 0.5) is 0 Å². The molecule has 14 aromatic carbocycles. The molecule has 0 aliphatic carbocycles. The topological polar surface area (TPSA) is 131 Å². The van der Waals surface area contributed by atoms with E-state index in [1.54, 1.807) is 0 Å². The van der Waals surface area contributed by atoms with Crippen LogP contribution in [-0.2, 0) is 9.31 Å². The van der Waals surface area contributed by atoms with E-state index in [-0.39, 0.29) is 17.4 Å². The van der Waals surface area contributed by atoms with Gasteiger partial charge >= 0.3 is 7.12 Å². The Morgan fingerprint density at radius 3 is 1.09 bits per heavy atom. The van der Waals surface area contributed by atoms with Gasteiger partial charge in [-0.3, -0.25) is 19.9 Å². The summed E-state index contributed by atoms with van der Waals surface area (Å²) in [5, 5.41) is 19.3. The van der Waals surface area contributed by atoms with Gasteiger partial charge in [-0.1, -0.05) is 266 Å². The van der Waals surface area contributed by atoms with E-state index in [1.807, 2.05) is 67.3 Å². The number of hydrogen-bond acceptors (Lipinski definition) is 9. The van der Waals surface area contributed by atoms with Crippen molar-refractivity contribution in [3.8, 4) is 78.4 Å². The Kier molecular flexibility index (Phi) is 18.0. The quantitative estimate of drug-likeness (QED) is 0.117. The molecule has 0 saturated carbocycles. The molecule has 9 nitrogen and oxygen atoms in total. The van der Waals surface area contributed by atoms with E-state index in [4.69, 9.17) is 35.9 Å². The van der Waals surface area contributed by atoms with Crippen LogP contribution in [0.3, 0.4) is 0 Å². The number of nitrogens with zero attached hydrogens (tertiary/aromatic N) is 6. The summed E-state index contributed by atoms with van der Waals surface area (Å²) in [7, 11) is -0.391. The molecule has 7 heterocycles. The molecule has 0 unspecified atom stereocenters. The van der Waals surface area contributed by atoms with Crippen molar-refractivity contribution in [1.82, 2.24) is 36.1 Å². The molecular weight excluding hydrogens is 1380 g/mol. The van der Waals surface area contributed by atoms with E-state index in [0.717, 1.165) is 116 Å². The van der Waals surface area contributed by atoms with E-state index < -0.39 is 7.12 Å². The van der Waals surface area contributed by atoms with Crippen molar-refractivity contribution in [2.45, 2.75) is 38.9 Å². The first-order chi connectivity index (χ1) is 53.9. The summed E-state index contributed by atoms with van der Waals surface area (Å²) in [6, 6.07) is 115. The van der Waals surface area contributed by atoms with Crippen LogP contribution < -0.4 is 11.6 Å². The Morgan fingerprint density at radius 2 is 0.631 bits per heavy atom. The molecule has 530 valence electrons. The highest BCUT2D eigenvalue weighted by Crippen LogP contribution is 2.44. The lowest BCUT2D eigenvalue weighted by atomic mass is 9.80. The molecule has 0 amide bonds. The van der Waals surface area contributed by atoms with Gasteiger partial charge < -0.3 is 15.5 Å². The van der Waals surface area contributed by atoms with E-state index in [1.165, 1.54) is 76.1 Å². The van der Waals surface area contributed by atoms with Gasteiger partial charge in [0.15, 0.2) is 0 Å². The normalized spacial score (nSPS) is 13.1. The molecule has 0 spiro atoms. The molecule has 20 aromatic rings. The lowest BCUT2D eigenvalue weighted by Crippen LogP contribution is -2.41. The Bertz CT molecular complexity index is 7010. The first-order valence-corrected chi connectivity index (χ1v) is 37.6. The van der Waals surface area contributed by atoms with Gasteiger partial charge in [-0.05, 0) is 182 Å². The Hall–Kier alpha value is -13.2. The van der Waals surface area contributed by atoms with Gasteiger partial charge in [-0.15, -0.1) is 0 Å². The number of para-hydroxylation sites is 2. The third-order valence-corrected chi connectivity index (χ3v) is 22.3. The minimum Gasteiger partial charge on any atom is -0.399 e. The Balaban J connectivity index is 0.000000123. The Morgan fingerprint density at radius 1 is 0.261 bits per heavy atom. The smallest absolute Gasteiger partial charge is 0.399 e. The highest BCUT2D eigenvalue weighted by atomic mass is 35.5. The first kappa shape index (κ1) is 69.5. The number of hydrogen-bond donors (Lipinski definition) is 1. The minimum atomic E-state index is -0.391. The summed E-state index contributed by atoms with van der Waals surface area (Å²) in [5.41, 5.74) is 18.7. The molecule has 0 bridgehead atoms. The molecule has 6 aromatic heterocycles. The predicted octanol–water partition coefficient (Wildman–Crippen LogP) is 25.7. The number of pyridine rings is 6. The van der Waals surface area contributed by atoms with Crippen molar-refractivity contribution in [1.29, 1.82) is 0 Å². The second kappa shape index (κ2) is 28.8. The molecule has 21 rings (SSSR count). The van der Waals surface area contributed by atoms with Crippen molar-refractivity contribution in [3.05, 3.63) is 357 Å². The zero-order valence-corrected chi connectivity index (χ0v) is 62.4. The van der Waals surface area contributed by atoms with Crippen LogP contribution in [-0.4, -0.2) is 48.2 Å². The number of benzene rings is 14. The summed E-state index contributed by atoms with van der Waals surface area (Å²) in [5.74, 6) is 0. The maximum absolute atomic E-state index is 6.95. The van der Waals surface area contributed by atoms with Gasteiger partial charge in [0.05, 0.1) is 61.1 Å². The fraction of sp³-hybridized carbons (Fsp3) is 0.0600. The maximum atomic E-state index is 6.95. The number of fused-ring (bicyclic) bond motifs is 12. The summed E-state index contributed by atoms with van der Waals surface area (Å²) in [6.45, 7) is 8.21. The fourth-order valence-corrected chi connectivity index (χ4v) is 15.8. The van der Waals surface area contributed by atoms with Gasteiger partial charge in [0.1, 0.15) is 0 Å². The summed E-state index contributed by atoms with van der Waals surface area (Å²) in [6.07, 6.45) is 7.49. The molecule has 0 radical (unpaired) electrons. The van der Waals surface area contributed by atoms with Gasteiger partial charge in [0.25, 0.3) is 0 Å².